The van der Waals surface area contributed by atoms with Crippen molar-refractivity contribution in [1.29, 1.82) is 0 Å². The van der Waals surface area contributed by atoms with Gasteiger partial charge >= 0.3 is 5.97 Å². The molecule has 0 spiro atoms. The lowest BCUT2D eigenvalue weighted by atomic mass is 9.95. The Morgan fingerprint density at radius 2 is 1.96 bits per heavy atom. The maximum atomic E-state index is 12.0. The van der Waals surface area contributed by atoms with E-state index in [9.17, 15) is 15.0 Å². The second kappa shape index (κ2) is 10.5. The molecule has 0 saturated carbocycles. The van der Waals surface area contributed by atoms with Crippen LogP contribution in [0.2, 0.25) is 0 Å². The Kier molecular flexibility index (Phi) is 8.76. The monoisotopic (exact) mass is 346 g/mol. The molecule has 136 valence electrons. The van der Waals surface area contributed by atoms with Gasteiger partial charge in [-0.25, -0.2) is 4.79 Å². The van der Waals surface area contributed by atoms with Crippen LogP contribution in [0, 0.1) is 11.8 Å². The number of benzene rings is 1. The second-order valence-corrected chi connectivity index (χ2v) is 5.60. The normalized spacial score (nSPS) is 14.3. The van der Waals surface area contributed by atoms with Crippen molar-refractivity contribution < 1.29 is 24.5 Å². The number of ether oxygens (including phenoxy) is 2. The molecule has 0 amide bonds. The van der Waals surface area contributed by atoms with E-state index in [1.54, 1.807) is 31.4 Å². The zero-order valence-electron chi connectivity index (χ0n) is 15.0. The number of methoxy groups -OCH3 is 2. The van der Waals surface area contributed by atoms with Crippen molar-refractivity contribution in [3.63, 3.8) is 0 Å². The number of rotatable bonds is 8. The lowest BCUT2D eigenvalue weighted by Gasteiger charge is -2.23. The fraction of sp³-hybridized carbons (Fsp3) is 0.450. The summed E-state index contributed by atoms with van der Waals surface area (Å²) in [6.07, 6.45) is 4.78. The van der Waals surface area contributed by atoms with Crippen molar-refractivity contribution in [1.82, 2.24) is 0 Å². The molecule has 0 aliphatic heterocycles. The van der Waals surface area contributed by atoms with Crippen LogP contribution in [0.25, 0.3) is 6.08 Å². The van der Waals surface area contributed by atoms with Gasteiger partial charge in [0.1, 0.15) is 5.75 Å². The molecule has 5 nitrogen and oxygen atoms in total. The number of hydrogen-bond acceptors (Lipinski definition) is 5. The van der Waals surface area contributed by atoms with Crippen molar-refractivity contribution in [3.8, 4) is 17.6 Å². The number of carbonyl (C=O) groups excluding carboxylic acids is 1. The first-order valence-corrected chi connectivity index (χ1v) is 8.28. The largest absolute Gasteiger partial charge is 0.497 e. The van der Waals surface area contributed by atoms with Crippen molar-refractivity contribution in [2.24, 2.45) is 0 Å². The lowest BCUT2D eigenvalue weighted by Crippen LogP contribution is -2.48. The zero-order valence-corrected chi connectivity index (χ0v) is 15.0. The smallest absolute Gasteiger partial charge is 0.345 e. The lowest BCUT2D eigenvalue weighted by molar-refractivity contribution is -0.163. The number of aliphatic hydroxyl groups is 2. The van der Waals surface area contributed by atoms with E-state index < -0.39 is 17.7 Å². The molecular formula is C20H26O5. The quantitative estimate of drug-likeness (QED) is 0.430. The van der Waals surface area contributed by atoms with E-state index in [1.807, 2.05) is 0 Å². The molecule has 2 atom stereocenters. The van der Waals surface area contributed by atoms with Gasteiger partial charge in [-0.3, -0.25) is 0 Å². The molecule has 0 aliphatic carbocycles. The standard InChI is InChI=1S/C20H26O5/c1-4-5-6-7-8-9-18(21)20(23,19(22)25-3)15-14-16-10-12-17(24-2)13-11-16/h10-15,18,21,23H,4-7H2,1-3H3/b15-14+. The maximum absolute atomic E-state index is 12.0. The Morgan fingerprint density at radius 3 is 2.52 bits per heavy atom. The molecule has 1 aromatic rings. The molecule has 0 fully saturated rings. The summed E-state index contributed by atoms with van der Waals surface area (Å²) in [4.78, 5) is 12.0. The summed E-state index contributed by atoms with van der Waals surface area (Å²) in [6.45, 7) is 2.09. The minimum absolute atomic E-state index is 0.602. The highest BCUT2D eigenvalue weighted by molar-refractivity contribution is 5.84. The summed E-state index contributed by atoms with van der Waals surface area (Å²) >= 11 is 0. The maximum Gasteiger partial charge on any atom is 0.345 e. The van der Waals surface area contributed by atoms with E-state index >= 15 is 0 Å². The third-order valence-corrected chi connectivity index (χ3v) is 3.72. The summed E-state index contributed by atoms with van der Waals surface area (Å²) < 4.78 is 9.69. The van der Waals surface area contributed by atoms with Crippen molar-refractivity contribution >= 4 is 12.0 Å². The van der Waals surface area contributed by atoms with Gasteiger partial charge in [-0.2, -0.15) is 0 Å². The van der Waals surface area contributed by atoms with E-state index in [-0.39, 0.29) is 0 Å². The van der Waals surface area contributed by atoms with Crippen LogP contribution in [-0.2, 0) is 9.53 Å². The van der Waals surface area contributed by atoms with Crippen LogP contribution in [0.15, 0.2) is 30.3 Å². The fourth-order valence-electron chi connectivity index (χ4n) is 2.11. The van der Waals surface area contributed by atoms with Gasteiger partial charge in [-0.05, 0) is 30.2 Å². The minimum atomic E-state index is -2.23. The van der Waals surface area contributed by atoms with Crippen LogP contribution in [0.1, 0.15) is 38.2 Å². The third kappa shape index (κ3) is 6.26. The van der Waals surface area contributed by atoms with Gasteiger partial charge in [0.05, 0.1) is 14.2 Å². The molecule has 0 aliphatic rings. The van der Waals surface area contributed by atoms with Crippen molar-refractivity contribution in [3.05, 3.63) is 35.9 Å². The van der Waals surface area contributed by atoms with Crippen LogP contribution in [-0.4, -0.2) is 42.1 Å². The van der Waals surface area contributed by atoms with Crippen LogP contribution in [0.4, 0.5) is 0 Å². The van der Waals surface area contributed by atoms with E-state index in [1.165, 1.54) is 12.2 Å². The molecule has 0 bridgehead atoms. The minimum Gasteiger partial charge on any atom is -0.497 e. The SMILES string of the molecule is CCCCCC#CC(O)C(O)(/C=C/c1ccc(OC)cc1)C(=O)OC. The number of aliphatic hydroxyl groups excluding tert-OH is 1. The van der Waals surface area contributed by atoms with Crippen molar-refractivity contribution in [2.45, 2.75) is 44.3 Å². The molecule has 0 radical (unpaired) electrons. The molecule has 2 unspecified atom stereocenters. The summed E-state index contributed by atoms with van der Waals surface area (Å²) in [5.74, 6) is 5.06. The van der Waals surface area contributed by atoms with Gasteiger partial charge in [0.2, 0.25) is 5.60 Å². The van der Waals surface area contributed by atoms with Gasteiger partial charge in [0.15, 0.2) is 6.10 Å². The molecule has 5 heteroatoms. The van der Waals surface area contributed by atoms with Crippen LogP contribution in [0.5, 0.6) is 5.75 Å². The average molecular weight is 346 g/mol. The highest BCUT2D eigenvalue weighted by Crippen LogP contribution is 2.19. The first-order chi connectivity index (χ1) is 12.0. The first kappa shape index (κ1) is 20.8. The predicted molar refractivity (Wildman–Crippen MR) is 96.9 cm³/mol. The van der Waals surface area contributed by atoms with Gasteiger partial charge in [-0.1, -0.05) is 43.9 Å². The molecule has 0 heterocycles. The number of hydrogen-bond donors (Lipinski definition) is 2. The summed E-state index contributed by atoms with van der Waals surface area (Å²) in [5, 5.41) is 20.8. The predicted octanol–water partition coefficient (Wildman–Crippen LogP) is 2.56. The first-order valence-electron chi connectivity index (χ1n) is 8.28. The highest BCUT2D eigenvalue weighted by atomic mass is 16.5. The second-order valence-electron chi connectivity index (χ2n) is 5.60. The Bertz CT molecular complexity index is 624. The highest BCUT2D eigenvalue weighted by Gasteiger charge is 2.41. The molecular weight excluding hydrogens is 320 g/mol. The van der Waals surface area contributed by atoms with Crippen LogP contribution >= 0.6 is 0 Å². The van der Waals surface area contributed by atoms with Gasteiger partial charge in [0.25, 0.3) is 0 Å². The Labute approximate surface area is 149 Å². The molecule has 1 aromatic carbocycles. The van der Waals surface area contributed by atoms with Gasteiger partial charge in [0, 0.05) is 6.42 Å². The average Bonchev–Trinajstić information content (AvgIpc) is 2.65. The molecule has 0 aromatic heterocycles. The molecule has 0 saturated heterocycles. The summed E-state index contributed by atoms with van der Waals surface area (Å²) in [6, 6.07) is 7.02. The Morgan fingerprint density at radius 1 is 1.28 bits per heavy atom. The van der Waals surface area contributed by atoms with Crippen molar-refractivity contribution in [2.75, 3.05) is 14.2 Å². The van der Waals surface area contributed by atoms with Gasteiger partial charge in [-0.15, -0.1) is 5.92 Å². The Balaban J connectivity index is 2.92. The van der Waals surface area contributed by atoms with Crippen LogP contribution in [0.3, 0.4) is 0 Å². The third-order valence-electron chi connectivity index (χ3n) is 3.72. The van der Waals surface area contributed by atoms with E-state index in [2.05, 4.69) is 23.5 Å². The number of carbonyl (C=O) groups is 1. The molecule has 25 heavy (non-hydrogen) atoms. The summed E-state index contributed by atoms with van der Waals surface area (Å²) in [7, 11) is 2.71. The number of esters is 1. The molecule has 2 N–H and O–H groups in total. The van der Waals surface area contributed by atoms with Gasteiger partial charge < -0.3 is 19.7 Å². The van der Waals surface area contributed by atoms with E-state index in [0.29, 0.717) is 12.2 Å². The van der Waals surface area contributed by atoms with E-state index in [4.69, 9.17) is 4.74 Å². The van der Waals surface area contributed by atoms with Crippen LogP contribution < -0.4 is 4.74 Å². The van der Waals surface area contributed by atoms with E-state index in [0.717, 1.165) is 31.9 Å². The number of unbranched alkanes of at least 4 members (excludes halogenated alkanes) is 3. The summed E-state index contributed by atoms with van der Waals surface area (Å²) in [5.41, 5.74) is -1.50. The molecule has 1 rings (SSSR count). The zero-order chi connectivity index (χ0) is 18.7. The topological polar surface area (TPSA) is 76.0 Å². The Hall–Kier alpha value is -2.29. The fourth-order valence-corrected chi connectivity index (χ4v) is 2.11.